The number of hydrogen-bond acceptors (Lipinski definition) is 3. The number of carbonyl (C=O) groups excluding carboxylic acids is 1. The zero-order valence-corrected chi connectivity index (χ0v) is 12.3. The molecular formula is C16H13ClFNO3. The molecule has 0 aromatic heterocycles. The molecule has 4 nitrogen and oxygen atoms in total. The maximum Gasteiger partial charge on any atom is 0.228 e. The van der Waals surface area contributed by atoms with Crippen molar-refractivity contribution in [2.75, 3.05) is 18.5 Å². The van der Waals surface area contributed by atoms with E-state index in [4.69, 9.17) is 21.1 Å². The van der Waals surface area contributed by atoms with Gasteiger partial charge in [-0.15, -0.1) is 0 Å². The zero-order valence-electron chi connectivity index (χ0n) is 11.6. The van der Waals surface area contributed by atoms with Crippen molar-refractivity contribution in [2.24, 2.45) is 0 Å². The van der Waals surface area contributed by atoms with Gasteiger partial charge in [-0.3, -0.25) is 4.79 Å². The summed E-state index contributed by atoms with van der Waals surface area (Å²) in [5.41, 5.74) is 0.864. The molecule has 1 aliphatic heterocycles. The van der Waals surface area contributed by atoms with Crippen molar-refractivity contribution in [3.63, 3.8) is 0 Å². The molecule has 1 N–H and O–H groups in total. The van der Waals surface area contributed by atoms with Gasteiger partial charge < -0.3 is 14.8 Å². The van der Waals surface area contributed by atoms with Crippen LogP contribution in [0.3, 0.4) is 0 Å². The molecule has 0 unspecified atom stereocenters. The lowest BCUT2D eigenvalue weighted by atomic mass is 10.1. The van der Waals surface area contributed by atoms with Gasteiger partial charge in [-0.2, -0.15) is 0 Å². The molecule has 0 bridgehead atoms. The van der Waals surface area contributed by atoms with Gasteiger partial charge in [0.25, 0.3) is 0 Å². The molecule has 0 saturated carbocycles. The number of benzene rings is 2. The van der Waals surface area contributed by atoms with Crippen molar-refractivity contribution >= 4 is 23.2 Å². The van der Waals surface area contributed by atoms with E-state index >= 15 is 0 Å². The van der Waals surface area contributed by atoms with Crippen LogP contribution in [0.5, 0.6) is 11.5 Å². The quantitative estimate of drug-likeness (QED) is 0.942. The Morgan fingerprint density at radius 1 is 1.14 bits per heavy atom. The highest BCUT2D eigenvalue weighted by Crippen LogP contribution is 2.31. The number of nitrogens with one attached hydrogen (secondary N) is 1. The first kappa shape index (κ1) is 14.7. The maximum atomic E-state index is 13.6. The minimum absolute atomic E-state index is 0.104. The van der Waals surface area contributed by atoms with Crippen LogP contribution in [-0.4, -0.2) is 19.1 Å². The average Bonchev–Trinajstić information content (AvgIpc) is 2.50. The predicted octanol–water partition coefficient (Wildman–Crippen LogP) is 3.43. The smallest absolute Gasteiger partial charge is 0.228 e. The van der Waals surface area contributed by atoms with Crippen LogP contribution in [-0.2, 0) is 11.2 Å². The van der Waals surface area contributed by atoms with Crippen LogP contribution in [0.2, 0.25) is 5.02 Å². The molecule has 22 heavy (non-hydrogen) atoms. The molecule has 1 aliphatic rings. The van der Waals surface area contributed by atoms with Gasteiger partial charge in [-0.1, -0.05) is 17.7 Å². The molecule has 1 heterocycles. The SMILES string of the molecule is O=C(Cc1ccc2c(c1)OCCO2)Nc1ccc(Cl)cc1F. The molecule has 0 aliphatic carbocycles. The van der Waals surface area contributed by atoms with Gasteiger partial charge >= 0.3 is 0 Å². The van der Waals surface area contributed by atoms with Gasteiger partial charge in [0.1, 0.15) is 19.0 Å². The minimum Gasteiger partial charge on any atom is -0.486 e. The first-order valence-electron chi connectivity index (χ1n) is 6.75. The van der Waals surface area contributed by atoms with Crippen LogP contribution in [0.15, 0.2) is 36.4 Å². The van der Waals surface area contributed by atoms with Gasteiger partial charge in [0.05, 0.1) is 12.1 Å². The fourth-order valence-electron chi connectivity index (χ4n) is 2.17. The van der Waals surface area contributed by atoms with Crippen molar-refractivity contribution in [3.05, 3.63) is 52.8 Å². The summed E-state index contributed by atoms with van der Waals surface area (Å²) in [6, 6.07) is 9.41. The van der Waals surface area contributed by atoms with Gasteiger partial charge in [0.2, 0.25) is 5.91 Å². The van der Waals surface area contributed by atoms with Gasteiger partial charge in [-0.05, 0) is 35.9 Å². The van der Waals surface area contributed by atoms with E-state index in [1.807, 2.05) is 0 Å². The molecule has 6 heteroatoms. The Hall–Kier alpha value is -2.27. The summed E-state index contributed by atoms with van der Waals surface area (Å²) in [5, 5.41) is 2.80. The third kappa shape index (κ3) is 3.31. The summed E-state index contributed by atoms with van der Waals surface area (Å²) in [6.45, 7) is 1.00. The third-order valence-electron chi connectivity index (χ3n) is 3.18. The van der Waals surface area contributed by atoms with Crippen LogP contribution >= 0.6 is 11.6 Å². The normalized spacial score (nSPS) is 12.8. The van der Waals surface area contributed by atoms with E-state index in [0.29, 0.717) is 24.7 Å². The average molecular weight is 322 g/mol. The second-order valence-electron chi connectivity index (χ2n) is 4.83. The van der Waals surface area contributed by atoms with Crippen molar-refractivity contribution in [1.82, 2.24) is 0 Å². The molecule has 114 valence electrons. The van der Waals surface area contributed by atoms with E-state index in [1.165, 1.54) is 12.1 Å². The molecular weight excluding hydrogens is 309 g/mol. The molecule has 2 aromatic rings. The second kappa shape index (κ2) is 6.23. The molecule has 0 spiro atoms. The molecule has 0 radical (unpaired) electrons. The zero-order chi connectivity index (χ0) is 15.5. The summed E-state index contributed by atoms with van der Waals surface area (Å²) >= 11 is 5.67. The molecule has 2 aromatic carbocycles. The number of amides is 1. The van der Waals surface area contributed by atoms with Crippen LogP contribution in [0, 0.1) is 5.82 Å². The highest BCUT2D eigenvalue weighted by molar-refractivity contribution is 6.30. The Kier molecular flexibility index (Phi) is 4.15. The summed E-state index contributed by atoms with van der Waals surface area (Å²) in [5.74, 6) is 0.398. The number of ether oxygens (including phenoxy) is 2. The van der Waals surface area contributed by atoms with E-state index in [-0.39, 0.29) is 23.0 Å². The van der Waals surface area contributed by atoms with Crippen molar-refractivity contribution < 1.29 is 18.7 Å². The summed E-state index contributed by atoms with van der Waals surface area (Å²) in [7, 11) is 0. The standard InChI is InChI=1S/C16H13ClFNO3/c17-11-2-3-13(12(18)9-11)19-16(20)8-10-1-4-14-15(7-10)22-6-5-21-14/h1-4,7,9H,5-6,8H2,(H,19,20). The Morgan fingerprint density at radius 2 is 1.91 bits per heavy atom. The monoisotopic (exact) mass is 321 g/mol. The molecule has 0 saturated heterocycles. The highest BCUT2D eigenvalue weighted by atomic mass is 35.5. The molecule has 0 fully saturated rings. The Balaban J connectivity index is 1.69. The van der Waals surface area contributed by atoms with Crippen molar-refractivity contribution in [2.45, 2.75) is 6.42 Å². The fraction of sp³-hybridized carbons (Fsp3) is 0.188. The Labute approximate surface area is 131 Å². The largest absolute Gasteiger partial charge is 0.486 e. The third-order valence-corrected chi connectivity index (χ3v) is 3.41. The van der Waals surface area contributed by atoms with E-state index in [0.717, 1.165) is 11.6 Å². The first-order valence-corrected chi connectivity index (χ1v) is 7.13. The molecule has 1 amide bonds. The van der Waals surface area contributed by atoms with E-state index in [9.17, 15) is 9.18 Å². The summed E-state index contributed by atoms with van der Waals surface area (Å²) in [4.78, 5) is 12.0. The lowest BCUT2D eigenvalue weighted by Crippen LogP contribution is -2.17. The lowest BCUT2D eigenvalue weighted by molar-refractivity contribution is -0.115. The predicted molar refractivity (Wildman–Crippen MR) is 81.2 cm³/mol. The second-order valence-corrected chi connectivity index (χ2v) is 5.26. The Bertz CT molecular complexity index is 721. The number of carbonyl (C=O) groups is 1. The van der Waals surface area contributed by atoms with E-state index in [1.54, 1.807) is 18.2 Å². The van der Waals surface area contributed by atoms with Crippen LogP contribution in [0.4, 0.5) is 10.1 Å². The summed E-state index contributed by atoms with van der Waals surface area (Å²) < 4.78 is 24.5. The van der Waals surface area contributed by atoms with Crippen molar-refractivity contribution in [3.8, 4) is 11.5 Å². The van der Waals surface area contributed by atoms with Crippen LogP contribution in [0.25, 0.3) is 0 Å². The van der Waals surface area contributed by atoms with Crippen molar-refractivity contribution in [1.29, 1.82) is 0 Å². The topological polar surface area (TPSA) is 47.6 Å². The highest BCUT2D eigenvalue weighted by Gasteiger charge is 2.14. The van der Waals surface area contributed by atoms with Crippen LogP contribution < -0.4 is 14.8 Å². The van der Waals surface area contributed by atoms with E-state index < -0.39 is 5.82 Å². The fourth-order valence-corrected chi connectivity index (χ4v) is 2.33. The van der Waals surface area contributed by atoms with E-state index in [2.05, 4.69) is 5.32 Å². The minimum atomic E-state index is -0.567. The summed E-state index contributed by atoms with van der Waals surface area (Å²) in [6.07, 6.45) is 0.110. The van der Waals surface area contributed by atoms with Gasteiger partial charge in [0, 0.05) is 5.02 Å². The number of fused-ring (bicyclic) bond motifs is 1. The maximum absolute atomic E-state index is 13.6. The van der Waals surface area contributed by atoms with Crippen LogP contribution in [0.1, 0.15) is 5.56 Å². The molecule has 3 rings (SSSR count). The van der Waals surface area contributed by atoms with Gasteiger partial charge in [-0.25, -0.2) is 4.39 Å². The lowest BCUT2D eigenvalue weighted by Gasteiger charge is -2.18. The van der Waals surface area contributed by atoms with Gasteiger partial charge in [0.15, 0.2) is 11.5 Å². The molecule has 0 atom stereocenters. The Morgan fingerprint density at radius 3 is 2.68 bits per heavy atom. The number of hydrogen-bond donors (Lipinski definition) is 1. The first-order chi connectivity index (χ1) is 10.6. The number of rotatable bonds is 3. The number of anilines is 1. The number of halogens is 2.